The van der Waals surface area contributed by atoms with E-state index in [9.17, 15) is 8.42 Å². The smallest absolute Gasteiger partial charge is 0.247 e. The summed E-state index contributed by atoms with van der Waals surface area (Å²) in [7, 11) is -2.17. The Morgan fingerprint density at radius 2 is 1.92 bits per heavy atom. The lowest BCUT2D eigenvalue weighted by Crippen LogP contribution is -2.23. The molecular weight excluding hydrogens is 344 g/mol. The van der Waals surface area contributed by atoms with Crippen molar-refractivity contribution < 1.29 is 17.6 Å². The van der Waals surface area contributed by atoms with Crippen LogP contribution in [-0.4, -0.2) is 30.7 Å². The number of benzene rings is 1. The van der Waals surface area contributed by atoms with Crippen LogP contribution in [0.15, 0.2) is 52.0 Å². The summed E-state index contributed by atoms with van der Waals surface area (Å²) >= 11 is 0. The van der Waals surface area contributed by atoms with E-state index in [0.29, 0.717) is 17.2 Å². The second-order valence-corrected chi connectivity index (χ2v) is 6.96. The zero-order valence-electron chi connectivity index (χ0n) is 13.6. The van der Waals surface area contributed by atoms with Gasteiger partial charge in [0.2, 0.25) is 21.8 Å². The molecule has 9 heteroatoms. The summed E-state index contributed by atoms with van der Waals surface area (Å²) in [6.07, 6.45) is 3.21. The van der Waals surface area contributed by atoms with Crippen molar-refractivity contribution in [1.82, 2.24) is 19.9 Å². The average molecular weight is 360 g/mol. The normalized spacial score (nSPS) is 11.4. The van der Waals surface area contributed by atoms with Gasteiger partial charge in [-0.1, -0.05) is 0 Å². The maximum absolute atomic E-state index is 12.4. The van der Waals surface area contributed by atoms with Gasteiger partial charge in [0.05, 0.1) is 18.6 Å². The number of nitrogens with one attached hydrogen (secondary N) is 1. The summed E-state index contributed by atoms with van der Waals surface area (Å²) in [5, 5.41) is 7.75. The van der Waals surface area contributed by atoms with Crippen molar-refractivity contribution >= 4 is 10.0 Å². The Bertz CT molecular complexity index is 971. The largest absolute Gasteiger partial charge is 0.496 e. The first kappa shape index (κ1) is 17.1. The molecule has 1 N–H and O–H groups in total. The molecular formula is C16H16N4O4S. The number of nitrogens with zero attached hydrogens (tertiary/aromatic N) is 3. The number of rotatable bonds is 6. The lowest BCUT2D eigenvalue weighted by molar-refractivity contribution is 0.411. The fraction of sp³-hybridized carbons (Fsp3) is 0.188. The molecule has 0 spiro atoms. The van der Waals surface area contributed by atoms with Crippen molar-refractivity contribution in [1.29, 1.82) is 0 Å². The molecule has 130 valence electrons. The molecule has 0 unspecified atom stereocenters. The molecule has 0 aliphatic carbocycles. The van der Waals surface area contributed by atoms with Gasteiger partial charge >= 0.3 is 0 Å². The number of aryl methyl sites for hydroxylation is 1. The molecule has 3 aromatic rings. The van der Waals surface area contributed by atoms with Crippen LogP contribution >= 0.6 is 0 Å². The van der Waals surface area contributed by atoms with Crippen molar-refractivity contribution in [2.75, 3.05) is 7.11 Å². The first-order chi connectivity index (χ1) is 12.0. The minimum absolute atomic E-state index is 0.106. The lowest BCUT2D eigenvalue weighted by atomic mass is 10.2. The third-order valence-corrected chi connectivity index (χ3v) is 4.88. The zero-order chi connectivity index (χ0) is 17.9. The molecule has 0 saturated carbocycles. The summed E-state index contributed by atoms with van der Waals surface area (Å²) in [5.41, 5.74) is 1.44. The molecule has 3 rings (SSSR count). The highest BCUT2D eigenvalue weighted by atomic mass is 32.2. The highest BCUT2D eigenvalue weighted by Gasteiger charge is 2.17. The Kier molecular flexibility index (Phi) is 4.77. The van der Waals surface area contributed by atoms with E-state index >= 15 is 0 Å². The molecule has 0 amide bonds. The molecule has 0 radical (unpaired) electrons. The van der Waals surface area contributed by atoms with Gasteiger partial charge in [-0.25, -0.2) is 13.1 Å². The molecule has 0 aliphatic heterocycles. The van der Waals surface area contributed by atoms with E-state index in [2.05, 4.69) is 19.9 Å². The predicted molar refractivity (Wildman–Crippen MR) is 89.3 cm³/mol. The summed E-state index contributed by atoms with van der Waals surface area (Å²) in [6, 6.07) is 8.07. The van der Waals surface area contributed by atoms with E-state index < -0.39 is 10.0 Å². The fourth-order valence-electron chi connectivity index (χ4n) is 2.19. The molecule has 0 fully saturated rings. The van der Waals surface area contributed by atoms with Gasteiger partial charge in [-0.05, 0) is 42.8 Å². The van der Waals surface area contributed by atoms with Gasteiger partial charge in [0.15, 0.2) is 0 Å². The second kappa shape index (κ2) is 6.99. The minimum Gasteiger partial charge on any atom is -0.496 e. The number of methoxy groups -OCH3 is 1. The van der Waals surface area contributed by atoms with Gasteiger partial charge in [0, 0.05) is 18.0 Å². The molecule has 2 aromatic heterocycles. The summed E-state index contributed by atoms with van der Waals surface area (Å²) < 4.78 is 37.8. The quantitative estimate of drug-likeness (QED) is 0.715. The van der Waals surface area contributed by atoms with Crippen molar-refractivity contribution in [3.05, 3.63) is 54.2 Å². The average Bonchev–Trinajstić information content (AvgIpc) is 3.10. The third kappa shape index (κ3) is 3.83. The standard InChI is InChI=1S/C16H16N4O4S/c1-11-9-13(3-4-14(11)23-2)25(21,22)18-10-15-19-20-16(24-15)12-5-7-17-8-6-12/h3-9,18H,10H2,1-2H3. The number of sulfonamides is 1. The Morgan fingerprint density at radius 1 is 1.16 bits per heavy atom. The highest BCUT2D eigenvalue weighted by Crippen LogP contribution is 2.21. The molecule has 8 nitrogen and oxygen atoms in total. The van der Waals surface area contributed by atoms with Crippen LogP contribution in [0.1, 0.15) is 11.5 Å². The Labute approximate surface area is 144 Å². The molecule has 0 bridgehead atoms. The SMILES string of the molecule is COc1ccc(S(=O)(=O)NCc2nnc(-c3ccncc3)o2)cc1C. The Balaban J connectivity index is 1.72. The van der Waals surface area contributed by atoms with Gasteiger partial charge in [-0.15, -0.1) is 10.2 Å². The summed E-state index contributed by atoms with van der Waals surface area (Å²) in [6.45, 7) is 1.67. The van der Waals surface area contributed by atoms with Crippen molar-refractivity contribution in [2.45, 2.75) is 18.4 Å². The minimum atomic E-state index is -3.70. The summed E-state index contributed by atoms with van der Waals surface area (Å²) in [4.78, 5) is 4.05. The van der Waals surface area contributed by atoms with Crippen LogP contribution in [0.3, 0.4) is 0 Å². The second-order valence-electron chi connectivity index (χ2n) is 5.19. The highest BCUT2D eigenvalue weighted by molar-refractivity contribution is 7.89. The maximum Gasteiger partial charge on any atom is 0.247 e. The predicted octanol–water partition coefficient (Wildman–Crippen LogP) is 1.93. The topological polar surface area (TPSA) is 107 Å². The monoisotopic (exact) mass is 360 g/mol. The molecule has 0 atom stereocenters. The molecule has 2 heterocycles. The molecule has 0 saturated heterocycles. The van der Waals surface area contributed by atoms with E-state index in [1.54, 1.807) is 37.5 Å². The fourth-order valence-corrected chi connectivity index (χ4v) is 3.25. The first-order valence-electron chi connectivity index (χ1n) is 7.36. The van der Waals surface area contributed by atoms with E-state index in [-0.39, 0.29) is 17.3 Å². The van der Waals surface area contributed by atoms with E-state index in [1.165, 1.54) is 19.2 Å². The van der Waals surface area contributed by atoms with Gasteiger partial charge in [-0.2, -0.15) is 0 Å². The van der Waals surface area contributed by atoms with Crippen LogP contribution < -0.4 is 9.46 Å². The molecule has 1 aromatic carbocycles. The first-order valence-corrected chi connectivity index (χ1v) is 8.85. The van der Waals surface area contributed by atoms with Crippen LogP contribution in [0, 0.1) is 6.92 Å². The van der Waals surface area contributed by atoms with Gasteiger partial charge < -0.3 is 9.15 Å². The lowest BCUT2D eigenvalue weighted by Gasteiger charge is -2.08. The van der Waals surface area contributed by atoms with Gasteiger partial charge in [-0.3, -0.25) is 4.98 Å². The van der Waals surface area contributed by atoms with E-state index in [4.69, 9.17) is 9.15 Å². The van der Waals surface area contributed by atoms with Crippen LogP contribution in [0.2, 0.25) is 0 Å². The third-order valence-electron chi connectivity index (χ3n) is 3.48. The number of aromatic nitrogens is 3. The number of pyridine rings is 1. The van der Waals surface area contributed by atoms with Crippen LogP contribution in [0.25, 0.3) is 11.5 Å². The number of hydrogen-bond donors (Lipinski definition) is 1. The van der Waals surface area contributed by atoms with Crippen LogP contribution in [-0.2, 0) is 16.6 Å². The molecule has 0 aliphatic rings. The Morgan fingerprint density at radius 3 is 2.60 bits per heavy atom. The van der Waals surface area contributed by atoms with Crippen LogP contribution in [0.5, 0.6) is 5.75 Å². The Hall–Kier alpha value is -2.78. The zero-order valence-corrected chi connectivity index (χ0v) is 14.4. The van der Waals surface area contributed by atoms with Crippen molar-refractivity contribution in [3.63, 3.8) is 0 Å². The van der Waals surface area contributed by atoms with Gasteiger partial charge in [0.1, 0.15) is 5.75 Å². The van der Waals surface area contributed by atoms with Crippen molar-refractivity contribution in [2.24, 2.45) is 0 Å². The van der Waals surface area contributed by atoms with E-state index in [0.717, 1.165) is 5.56 Å². The molecule has 25 heavy (non-hydrogen) atoms. The van der Waals surface area contributed by atoms with Gasteiger partial charge in [0.25, 0.3) is 0 Å². The summed E-state index contributed by atoms with van der Waals surface area (Å²) in [5.74, 6) is 1.09. The number of ether oxygens (including phenoxy) is 1. The van der Waals surface area contributed by atoms with E-state index in [1.807, 2.05) is 0 Å². The number of hydrogen-bond acceptors (Lipinski definition) is 7. The van der Waals surface area contributed by atoms with Crippen LogP contribution in [0.4, 0.5) is 0 Å². The maximum atomic E-state index is 12.4. The van der Waals surface area contributed by atoms with Crippen molar-refractivity contribution in [3.8, 4) is 17.2 Å².